The van der Waals surface area contributed by atoms with Gasteiger partial charge in [-0.1, -0.05) is 20.8 Å². The number of carbonyl (C=O) groups excluding carboxylic acids is 2. The third-order valence-electron chi connectivity index (χ3n) is 4.49. The largest absolute Gasteiger partial charge is 0.353 e. The minimum Gasteiger partial charge on any atom is -0.353 e. The summed E-state index contributed by atoms with van der Waals surface area (Å²) in [5.74, 6) is 0.122. The predicted octanol–water partition coefficient (Wildman–Crippen LogP) is 0.857. The fourth-order valence-electron chi connectivity index (χ4n) is 3.28. The van der Waals surface area contributed by atoms with Crippen molar-refractivity contribution in [2.24, 2.45) is 5.41 Å². The first-order valence-electron chi connectivity index (χ1n) is 8.87. The number of nitrogens with zero attached hydrogens (tertiary/aromatic N) is 2. The second-order valence-electron chi connectivity index (χ2n) is 7.87. The van der Waals surface area contributed by atoms with E-state index >= 15 is 0 Å². The number of piperazine rings is 1. The van der Waals surface area contributed by atoms with Crippen LogP contribution in [0.25, 0.3) is 0 Å². The standard InChI is InChI=1S/C17H32N4O2.ClH/c1-17(2,3)13-15(22)21-9-4-5-14(21)16(23)19-8-12-20-10-6-18-7-11-20;/h14,18H,4-13H2,1-3H3,(H,19,23);1H. The quantitative estimate of drug-likeness (QED) is 0.763. The SMILES string of the molecule is CC(C)(C)CC(=O)N1CCCC1C(=O)NCCN1CCNCC1.Cl. The summed E-state index contributed by atoms with van der Waals surface area (Å²) >= 11 is 0. The summed E-state index contributed by atoms with van der Waals surface area (Å²) in [4.78, 5) is 29.0. The molecule has 0 aromatic carbocycles. The van der Waals surface area contributed by atoms with E-state index in [1.165, 1.54) is 0 Å². The van der Waals surface area contributed by atoms with Crippen molar-refractivity contribution in [1.29, 1.82) is 0 Å². The first-order valence-corrected chi connectivity index (χ1v) is 8.87. The van der Waals surface area contributed by atoms with E-state index < -0.39 is 0 Å². The molecule has 0 radical (unpaired) electrons. The molecule has 2 heterocycles. The van der Waals surface area contributed by atoms with Crippen LogP contribution in [0.5, 0.6) is 0 Å². The molecule has 0 aromatic heterocycles. The second kappa shape index (κ2) is 9.59. The topological polar surface area (TPSA) is 64.7 Å². The van der Waals surface area contributed by atoms with Crippen LogP contribution >= 0.6 is 12.4 Å². The van der Waals surface area contributed by atoms with Crippen molar-refractivity contribution in [2.45, 2.75) is 46.1 Å². The Morgan fingerprint density at radius 2 is 1.83 bits per heavy atom. The third kappa shape index (κ3) is 6.57. The summed E-state index contributed by atoms with van der Waals surface area (Å²) in [5.41, 5.74) is -0.0387. The number of likely N-dealkylation sites (tertiary alicyclic amines) is 1. The number of carbonyl (C=O) groups is 2. The van der Waals surface area contributed by atoms with Crippen molar-refractivity contribution in [1.82, 2.24) is 20.4 Å². The molecular weight excluding hydrogens is 328 g/mol. The van der Waals surface area contributed by atoms with Crippen LogP contribution in [0.2, 0.25) is 0 Å². The average Bonchev–Trinajstić information content (AvgIpc) is 2.96. The number of nitrogens with one attached hydrogen (secondary N) is 2. The Kier molecular flexibility index (Phi) is 8.46. The zero-order valence-corrected chi connectivity index (χ0v) is 16.1. The highest BCUT2D eigenvalue weighted by Crippen LogP contribution is 2.24. The summed E-state index contributed by atoms with van der Waals surface area (Å²) in [6, 6.07) is -0.270. The van der Waals surface area contributed by atoms with E-state index in [1.54, 1.807) is 4.90 Å². The number of rotatable bonds is 5. The van der Waals surface area contributed by atoms with Gasteiger partial charge in [0, 0.05) is 52.2 Å². The summed E-state index contributed by atoms with van der Waals surface area (Å²) in [6.45, 7) is 12.6. The van der Waals surface area contributed by atoms with Crippen LogP contribution in [0.1, 0.15) is 40.0 Å². The minimum absolute atomic E-state index is 0. The molecule has 2 fully saturated rings. The van der Waals surface area contributed by atoms with E-state index in [2.05, 4.69) is 36.3 Å². The molecule has 1 unspecified atom stereocenters. The molecule has 0 saturated carbocycles. The Labute approximate surface area is 152 Å². The highest BCUT2D eigenvalue weighted by molar-refractivity contribution is 5.88. The van der Waals surface area contributed by atoms with Crippen molar-refractivity contribution in [3.05, 3.63) is 0 Å². The molecule has 0 aliphatic carbocycles. The maximum atomic E-state index is 12.4. The molecule has 24 heavy (non-hydrogen) atoms. The highest BCUT2D eigenvalue weighted by Gasteiger charge is 2.35. The van der Waals surface area contributed by atoms with Gasteiger partial charge in [0.25, 0.3) is 0 Å². The van der Waals surface area contributed by atoms with Gasteiger partial charge in [0.05, 0.1) is 0 Å². The molecule has 2 saturated heterocycles. The highest BCUT2D eigenvalue weighted by atomic mass is 35.5. The molecule has 140 valence electrons. The van der Waals surface area contributed by atoms with Crippen LogP contribution in [0.15, 0.2) is 0 Å². The lowest BCUT2D eigenvalue weighted by atomic mass is 9.91. The fourth-order valence-corrected chi connectivity index (χ4v) is 3.28. The summed E-state index contributed by atoms with van der Waals surface area (Å²) in [7, 11) is 0. The average molecular weight is 361 g/mol. The lowest BCUT2D eigenvalue weighted by molar-refractivity contribution is -0.139. The predicted molar refractivity (Wildman–Crippen MR) is 98.4 cm³/mol. The van der Waals surface area contributed by atoms with Gasteiger partial charge in [0.1, 0.15) is 6.04 Å². The molecule has 1 atom stereocenters. The van der Waals surface area contributed by atoms with Gasteiger partial charge < -0.3 is 15.5 Å². The zero-order valence-electron chi connectivity index (χ0n) is 15.3. The molecule has 0 bridgehead atoms. The van der Waals surface area contributed by atoms with Crippen molar-refractivity contribution in [3.63, 3.8) is 0 Å². The molecule has 7 heteroatoms. The van der Waals surface area contributed by atoms with Gasteiger partial charge in [-0.3, -0.25) is 14.5 Å². The molecule has 2 amide bonds. The van der Waals surface area contributed by atoms with Gasteiger partial charge >= 0.3 is 0 Å². The molecule has 2 aliphatic heterocycles. The molecule has 6 nitrogen and oxygen atoms in total. The van der Waals surface area contributed by atoms with Crippen LogP contribution in [-0.2, 0) is 9.59 Å². The molecule has 0 aromatic rings. The Morgan fingerprint density at radius 3 is 2.46 bits per heavy atom. The molecule has 2 aliphatic rings. The van der Waals surface area contributed by atoms with Crippen molar-refractivity contribution in [2.75, 3.05) is 45.8 Å². The minimum atomic E-state index is -0.270. The van der Waals surface area contributed by atoms with E-state index in [0.29, 0.717) is 19.5 Å². The van der Waals surface area contributed by atoms with Gasteiger partial charge in [-0.25, -0.2) is 0 Å². The summed E-state index contributed by atoms with van der Waals surface area (Å²) < 4.78 is 0. The number of hydrogen-bond donors (Lipinski definition) is 2. The first kappa shape index (κ1) is 21.2. The number of halogens is 1. The Morgan fingerprint density at radius 1 is 1.17 bits per heavy atom. The zero-order chi connectivity index (χ0) is 16.9. The fraction of sp³-hybridized carbons (Fsp3) is 0.882. The first-order chi connectivity index (χ1) is 10.9. The molecule has 2 rings (SSSR count). The third-order valence-corrected chi connectivity index (χ3v) is 4.49. The second-order valence-corrected chi connectivity index (χ2v) is 7.87. The molecular formula is C17H33ClN4O2. The van der Waals surface area contributed by atoms with E-state index in [1.807, 2.05) is 0 Å². The maximum absolute atomic E-state index is 12.4. The normalized spacial score (nSPS) is 22.1. The lowest BCUT2D eigenvalue weighted by Gasteiger charge is -2.29. The van der Waals surface area contributed by atoms with Crippen molar-refractivity contribution < 1.29 is 9.59 Å². The van der Waals surface area contributed by atoms with Gasteiger partial charge in [-0.05, 0) is 18.3 Å². The van der Waals surface area contributed by atoms with E-state index in [0.717, 1.165) is 45.6 Å². The van der Waals surface area contributed by atoms with Gasteiger partial charge in [0.15, 0.2) is 0 Å². The lowest BCUT2D eigenvalue weighted by Crippen LogP contribution is -2.49. The van der Waals surface area contributed by atoms with E-state index in [9.17, 15) is 9.59 Å². The van der Waals surface area contributed by atoms with Crippen LogP contribution in [0, 0.1) is 5.41 Å². The maximum Gasteiger partial charge on any atom is 0.242 e. The van der Waals surface area contributed by atoms with E-state index in [-0.39, 0.29) is 35.7 Å². The van der Waals surface area contributed by atoms with Crippen LogP contribution in [0.4, 0.5) is 0 Å². The monoisotopic (exact) mass is 360 g/mol. The Hall–Kier alpha value is -0.850. The number of amides is 2. The van der Waals surface area contributed by atoms with Crippen molar-refractivity contribution in [3.8, 4) is 0 Å². The van der Waals surface area contributed by atoms with Crippen LogP contribution in [-0.4, -0.2) is 73.5 Å². The van der Waals surface area contributed by atoms with Gasteiger partial charge in [-0.15, -0.1) is 12.4 Å². The molecule has 2 N–H and O–H groups in total. The summed E-state index contributed by atoms with van der Waals surface area (Å²) in [5, 5.41) is 6.35. The summed E-state index contributed by atoms with van der Waals surface area (Å²) in [6.07, 6.45) is 2.21. The van der Waals surface area contributed by atoms with Gasteiger partial charge in [-0.2, -0.15) is 0 Å². The molecule has 0 spiro atoms. The smallest absolute Gasteiger partial charge is 0.242 e. The number of hydrogen-bond acceptors (Lipinski definition) is 4. The van der Waals surface area contributed by atoms with Crippen LogP contribution in [0.3, 0.4) is 0 Å². The Balaban J connectivity index is 0.00000288. The van der Waals surface area contributed by atoms with Crippen molar-refractivity contribution >= 4 is 24.2 Å². The van der Waals surface area contributed by atoms with Crippen LogP contribution < -0.4 is 10.6 Å². The Bertz CT molecular complexity index is 419. The van der Waals surface area contributed by atoms with Gasteiger partial charge in [0.2, 0.25) is 11.8 Å². The van der Waals surface area contributed by atoms with E-state index in [4.69, 9.17) is 0 Å².